The van der Waals surface area contributed by atoms with Crippen molar-refractivity contribution in [1.82, 2.24) is 10.9 Å². The number of hydrogen-bond acceptors (Lipinski definition) is 5. The van der Waals surface area contributed by atoms with Gasteiger partial charge in [-0.1, -0.05) is 12.1 Å². The van der Waals surface area contributed by atoms with Crippen molar-refractivity contribution in [3.8, 4) is 17.2 Å². The summed E-state index contributed by atoms with van der Waals surface area (Å²) in [6, 6.07) is 9.14. The van der Waals surface area contributed by atoms with E-state index in [1.807, 2.05) is 0 Å². The first-order valence-corrected chi connectivity index (χ1v) is 8.52. The van der Waals surface area contributed by atoms with Crippen molar-refractivity contribution < 1.29 is 37.0 Å². The van der Waals surface area contributed by atoms with Crippen molar-refractivity contribution in [3.05, 3.63) is 59.7 Å². The van der Waals surface area contributed by atoms with E-state index in [0.29, 0.717) is 17.1 Å². The molecule has 2 aromatic rings. The average Bonchev–Trinajstić information content (AvgIpc) is 2.74. The van der Waals surface area contributed by atoms with Gasteiger partial charge in [-0.2, -0.15) is 13.2 Å². The maximum absolute atomic E-state index is 12.6. The van der Waals surface area contributed by atoms with Crippen molar-refractivity contribution in [2.75, 3.05) is 20.8 Å². The highest BCUT2D eigenvalue weighted by molar-refractivity contribution is 5.93. The summed E-state index contributed by atoms with van der Waals surface area (Å²) in [6.45, 7) is -0.582. The second-order valence-electron chi connectivity index (χ2n) is 5.80. The molecule has 0 unspecified atom stereocenters. The highest BCUT2D eigenvalue weighted by atomic mass is 19.4. The third-order valence-electron chi connectivity index (χ3n) is 3.69. The molecular weight excluding hydrogens is 405 g/mol. The molecule has 0 saturated heterocycles. The van der Waals surface area contributed by atoms with E-state index in [-0.39, 0.29) is 5.75 Å². The molecule has 160 valence electrons. The van der Waals surface area contributed by atoms with Gasteiger partial charge in [0.1, 0.15) is 5.75 Å². The Morgan fingerprint density at radius 1 is 1.00 bits per heavy atom. The van der Waals surface area contributed by atoms with Gasteiger partial charge in [-0.05, 0) is 42.0 Å². The van der Waals surface area contributed by atoms with Crippen LogP contribution in [0.1, 0.15) is 11.1 Å². The summed E-state index contributed by atoms with van der Waals surface area (Å²) < 4.78 is 53.2. The predicted molar refractivity (Wildman–Crippen MR) is 102 cm³/mol. The second-order valence-corrected chi connectivity index (χ2v) is 5.80. The van der Waals surface area contributed by atoms with Gasteiger partial charge in [-0.3, -0.25) is 20.4 Å². The van der Waals surface area contributed by atoms with Crippen LogP contribution in [-0.2, 0) is 15.8 Å². The largest absolute Gasteiger partial charge is 0.493 e. The van der Waals surface area contributed by atoms with E-state index < -0.39 is 30.2 Å². The molecule has 10 heteroatoms. The van der Waals surface area contributed by atoms with Crippen LogP contribution in [0.3, 0.4) is 0 Å². The van der Waals surface area contributed by atoms with Crippen LogP contribution in [-0.4, -0.2) is 32.6 Å². The quantitative estimate of drug-likeness (QED) is 0.527. The SMILES string of the molecule is COc1ccc(/C=C/C(=O)NNC(=O)COc2cccc(C(F)(F)F)c2)cc1OC. The lowest BCUT2D eigenvalue weighted by molar-refractivity contribution is -0.137. The van der Waals surface area contributed by atoms with Crippen LogP contribution in [0.15, 0.2) is 48.5 Å². The summed E-state index contributed by atoms with van der Waals surface area (Å²) in [5.74, 6) is -0.482. The van der Waals surface area contributed by atoms with Crippen molar-refractivity contribution in [2.45, 2.75) is 6.18 Å². The van der Waals surface area contributed by atoms with Gasteiger partial charge in [0.15, 0.2) is 18.1 Å². The van der Waals surface area contributed by atoms with Crippen LogP contribution in [0.2, 0.25) is 0 Å². The lowest BCUT2D eigenvalue weighted by Gasteiger charge is -2.10. The smallest absolute Gasteiger partial charge is 0.416 e. The van der Waals surface area contributed by atoms with Gasteiger partial charge in [0.25, 0.3) is 11.8 Å². The molecule has 0 radical (unpaired) electrons. The molecule has 0 fully saturated rings. The zero-order valence-corrected chi connectivity index (χ0v) is 16.1. The number of rotatable bonds is 7. The van der Waals surface area contributed by atoms with Gasteiger partial charge in [0.2, 0.25) is 0 Å². The van der Waals surface area contributed by atoms with E-state index in [9.17, 15) is 22.8 Å². The molecule has 2 amide bonds. The summed E-state index contributed by atoms with van der Waals surface area (Å²) in [7, 11) is 2.98. The molecule has 2 N–H and O–H groups in total. The monoisotopic (exact) mass is 424 g/mol. The number of hydrazine groups is 1. The number of halogens is 3. The number of methoxy groups -OCH3 is 2. The number of alkyl halides is 3. The molecule has 30 heavy (non-hydrogen) atoms. The van der Waals surface area contributed by atoms with Crippen LogP contribution < -0.4 is 25.1 Å². The minimum atomic E-state index is -4.52. The first-order chi connectivity index (χ1) is 14.2. The molecule has 2 aromatic carbocycles. The lowest BCUT2D eigenvalue weighted by atomic mass is 10.2. The van der Waals surface area contributed by atoms with E-state index in [1.165, 1.54) is 32.4 Å². The second kappa shape index (κ2) is 10.2. The Morgan fingerprint density at radius 3 is 2.40 bits per heavy atom. The zero-order chi connectivity index (χ0) is 22.1. The van der Waals surface area contributed by atoms with Crippen LogP contribution >= 0.6 is 0 Å². The lowest BCUT2D eigenvalue weighted by Crippen LogP contribution is -2.43. The number of benzene rings is 2. The van der Waals surface area contributed by atoms with E-state index in [2.05, 4.69) is 10.9 Å². The molecule has 0 spiro atoms. The minimum absolute atomic E-state index is 0.125. The Kier molecular flexibility index (Phi) is 7.68. The minimum Gasteiger partial charge on any atom is -0.493 e. The van der Waals surface area contributed by atoms with Crippen LogP contribution in [0, 0.1) is 0 Å². The first kappa shape index (κ1) is 22.6. The molecule has 0 aliphatic heterocycles. The summed E-state index contributed by atoms with van der Waals surface area (Å²) in [5, 5.41) is 0. The number of hydrogen-bond donors (Lipinski definition) is 2. The summed E-state index contributed by atoms with van der Waals surface area (Å²) in [4.78, 5) is 23.5. The average molecular weight is 424 g/mol. The third kappa shape index (κ3) is 6.73. The molecule has 0 aliphatic rings. The number of nitrogens with one attached hydrogen (secondary N) is 2. The Balaban J connectivity index is 1.82. The molecule has 0 atom stereocenters. The van der Waals surface area contributed by atoms with E-state index >= 15 is 0 Å². The maximum Gasteiger partial charge on any atom is 0.416 e. The first-order valence-electron chi connectivity index (χ1n) is 8.52. The number of carbonyl (C=O) groups excluding carboxylic acids is 2. The van der Waals surface area contributed by atoms with E-state index in [0.717, 1.165) is 18.2 Å². The van der Waals surface area contributed by atoms with Gasteiger partial charge >= 0.3 is 6.18 Å². The van der Waals surface area contributed by atoms with Crippen LogP contribution in [0.5, 0.6) is 17.2 Å². The number of ether oxygens (including phenoxy) is 3. The normalized spacial score (nSPS) is 11.1. The van der Waals surface area contributed by atoms with Crippen LogP contribution in [0.4, 0.5) is 13.2 Å². The highest BCUT2D eigenvalue weighted by Gasteiger charge is 2.30. The fraction of sp³-hybridized carbons (Fsp3) is 0.200. The molecule has 2 rings (SSSR count). The van der Waals surface area contributed by atoms with Gasteiger partial charge in [0, 0.05) is 6.08 Å². The summed E-state index contributed by atoms with van der Waals surface area (Å²) in [6.07, 6.45) is -1.85. The maximum atomic E-state index is 12.6. The Labute approximate surface area is 170 Å². The van der Waals surface area contributed by atoms with Crippen molar-refractivity contribution in [1.29, 1.82) is 0 Å². The Morgan fingerprint density at radius 2 is 1.73 bits per heavy atom. The highest BCUT2D eigenvalue weighted by Crippen LogP contribution is 2.31. The molecule has 7 nitrogen and oxygen atoms in total. The van der Waals surface area contributed by atoms with Crippen LogP contribution in [0.25, 0.3) is 6.08 Å². The standard InChI is InChI=1S/C20H19F3N2O5/c1-28-16-8-6-13(10-17(16)29-2)7-9-18(26)24-25-19(27)12-30-15-5-3-4-14(11-15)20(21,22)23/h3-11H,12H2,1-2H3,(H,24,26)(H,25,27)/b9-7+. The zero-order valence-electron chi connectivity index (χ0n) is 16.1. The van der Waals surface area contributed by atoms with Gasteiger partial charge in [0.05, 0.1) is 19.8 Å². The van der Waals surface area contributed by atoms with E-state index in [4.69, 9.17) is 14.2 Å². The molecular formula is C20H19F3N2O5. The molecule has 0 aromatic heterocycles. The topological polar surface area (TPSA) is 85.9 Å². The predicted octanol–water partition coefficient (Wildman–Crippen LogP) is 2.96. The molecule has 0 aliphatic carbocycles. The molecule has 0 heterocycles. The Hall–Kier alpha value is -3.69. The van der Waals surface area contributed by atoms with Gasteiger partial charge in [-0.25, -0.2) is 0 Å². The fourth-order valence-corrected chi connectivity index (χ4v) is 2.25. The van der Waals surface area contributed by atoms with Gasteiger partial charge < -0.3 is 14.2 Å². The van der Waals surface area contributed by atoms with E-state index in [1.54, 1.807) is 18.2 Å². The number of amides is 2. The molecule has 0 bridgehead atoms. The Bertz CT molecular complexity index is 929. The third-order valence-corrected chi connectivity index (χ3v) is 3.69. The van der Waals surface area contributed by atoms with Gasteiger partial charge in [-0.15, -0.1) is 0 Å². The summed E-state index contributed by atoms with van der Waals surface area (Å²) >= 11 is 0. The van der Waals surface area contributed by atoms with Crippen molar-refractivity contribution >= 4 is 17.9 Å². The summed E-state index contributed by atoms with van der Waals surface area (Å²) in [5.41, 5.74) is 3.99. The van der Waals surface area contributed by atoms with Crippen molar-refractivity contribution in [3.63, 3.8) is 0 Å². The fourth-order valence-electron chi connectivity index (χ4n) is 2.25. The number of carbonyl (C=O) groups is 2. The molecule has 0 saturated carbocycles. The van der Waals surface area contributed by atoms with Crippen molar-refractivity contribution in [2.24, 2.45) is 0 Å².